The van der Waals surface area contributed by atoms with E-state index in [1.807, 2.05) is 18.2 Å². The van der Waals surface area contributed by atoms with Gasteiger partial charge >= 0.3 is 0 Å². The number of H-pyrrole nitrogens is 1. The van der Waals surface area contributed by atoms with E-state index in [-0.39, 0.29) is 11.3 Å². The van der Waals surface area contributed by atoms with E-state index in [1.165, 1.54) is 55.2 Å². The van der Waals surface area contributed by atoms with Gasteiger partial charge in [-0.05, 0) is 90.8 Å². The van der Waals surface area contributed by atoms with Crippen LogP contribution in [0.15, 0.2) is 73.1 Å². The Labute approximate surface area is 243 Å². The van der Waals surface area contributed by atoms with Crippen LogP contribution >= 0.6 is 0 Å². The number of nitrogens with zero attached hydrogens (tertiary/aromatic N) is 3. The van der Waals surface area contributed by atoms with Crippen molar-refractivity contribution in [3.8, 4) is 0 Å². The van der Waals surface area contributed by atoms with Crippen LogP contribution in [0.25, 0.3) is 11.0 Å². The molecule has 4 aliphatic rings. The van der Waals surface area contributed by atoms with Crippen LogP contribution in [0.2, 0.25) is 0 Å². The number of aromatic amines is 1. The second-order valence-corrected chi connectivity index (χ2v) is 13.2. The molecular weight excluding hydrogens is 504 g/mol. The molecule has 3 aromatic carbocycles. The molecule has 0 radical (unpaired) electrons. The molecule has 2 saturated heterocycles. The minimum absolute atomic E-state index is 0.142. The Morgan fingerprint density at radius 3 is 2.41 bits per heavy atom. The molecule has 0 bridgehead atoms. The number of hydrogen-bond acceptors (Lipinski definition) is 3. The van der Waals surface area contributed by atoms with Gasteiger partial charge in [0.15, 0.2) is 0 Å². The molecule has 210 valence electrons. The van der Waals surface area contributed by atoms with E-state index in [4.69, 9.17) is 0 Å². The molecule has 4 aromatic rings. The molecule has 8 rings (SSSR count). The van der Waals surface area contributed by atoms with Crippen molar-refractivity contribution in [2.75, 3.05) is 19.6 Å². The highest BCUT2D eigenvalue weighted by Gasteiger charge is 2.54. The van der Waals surface area contributed by atoms with E-state index >= 15 is 0 Å². The van der Waals surface area contributed by atoms with Gasteiger partial charge < -0.3 is 9.88 Å². The zero-order valence-corrected chi connectivity index (χ0v) is 23.9. The van der Waals surface area contributed by atoms with Crippen molar-refractivity contribution in [1.82, 2.24) is 19.8 Å². The number of amides is 1. The minimum Gasteiger partial charge on any atom is -0.345 e. The van der Waals surface area contributed by atoms with E-state index in [0.717, 1.165) is 67.5 Å². The van der Waals surface area contributed by atoms with Crippen molar-refractivity contribution in [3.63, 3.8) is 0 Å². The average Bonchev–Trinajstić information content (AvgIpc) is 3.49. The Hall–Kier alpha value is -3.44. The quantitative estimate of drug-likeness (QED) is 0.272. The van der Waals surface area contributed by atoms with Crippen molar-refractivity contribution in [2.24, 2.45) is 5.41 Å². The number of carbonyl (C=O) groups excluding carboxylic acids is 1. The number of piperidine rings is 1. The number of fused-ring (bicyclic) bond motifs is 1. The maximum atomic E-state index is 13.5. The molecule has 2 saturated carbocycles. The van der Waals surface area contributed by atoms with Crippen LogP contribution in [-0.4, -0.2) is 45.3 Å². The van der Waals surface area contributed by atoms with Crippen molar-refractivity contribution < 1.29 is 4.79 Å². The zero-order chi connectivity index (χ0) is 27.4. The SMILES string of the molecule is O=C(c1ccc2nc[nH]c2c1)N1CCC2(CC1)CN(Cc1ccccc1C1CCCC1)C2c1ccc(C2CC2)cc1. The summed E-state index contributed by atoms with van der Waals surface area (Å²) in [5, 5.41) is 0. The summed E-state index contributed by atoms with van der Waals surface area (Å²) in [7, 11) is 0. The normalized spacial score (nSPS) is 22.8. The van der Waals surface area contributed by atoms with Gasteiger partial charge in [-0.25, -0.2) is 4.98 Å². The van der Waals surface area contributed by atoms with Gasteiger partial charge in [0.2, 0.25) is 0 Å². The number of imidazole rings is 1. The van der Waals surface area contributed by atoms with Gasteiger partial charge in [-0.3, -0.25) is 9.69 Å². The second kappa shape index (κ2) is 10.1. The third-order valence-electron chi connectivity index (χ3n) is 10.7. The number of rotatable bonds is 6. The highest BCUT2D eigenvalue weighted by atomic mass is 16.2. The maximum Gasteiger partial charge on any atom is 0.253 e. The fraction of sp³-hybridized carbons (Fsp3) is 0.444. The molecule has 1 amide bonds. The number of benzene rings is 3. The molecule has 4 fully saturated rings. The number of hydrogen-bond donors (Lipinski definition) is 1. The van der Waals surface area contributed by atoms with Gasteiger partial charge in [-0.15, -0.1) is 0 Å². The van der Waals surface area contributed by atoms with Crippen molar-refractivity contribution in [3.05, 3.63) is 101 Å². The third-order valence-corrected chi connectivity index (χ3v) is 10.7. The van der Waals surface area contributed by atoms with Gasteiger partial charge in [0.05, 0.1) is 17.4 Å². The van der Waals surface area contributed by atoms with Crippen molar-refractivity contribution in [2.45, 2.75) is 75.8 Å². The lowest BCUT2D eigenvalue weighted by molar-refractivity contribution is -0.113. The lowest BCUT2D eigenvalue weighted by atomic mass is 9.63. The Balaban J connectivity index is 1.03. The molecule has 2 aliphatic carbocycles. The molecule has 2 aliphatic heterocycles. The van der Waals surface area contributed by atoms with Gasteiger partial charge in [-0.1, -0.05) is 61.4 Å². The van der Waals surface area contributed by atoms with Crippen LogP contribution in [0.5, 0.6) is 0 Å². The van der Waals surface area contributed by atoms with Crippen LogP contribution in [0.3, 0.4) is 0 Å². The first-order chi connectivity index (χ1) is 20.2. The summed E-state index contributed by atoms with van der Waals surface area (Å²) in [4.78, 5) is 25.8. The average molecular weight is 545 g/mol. The summed E-state index contributed by atoms with van der Waals surface area (Å²) in [5.74, 6) is 1.65. The fourth-order valence-corrected chi connectivity index (χ4v) is 8.31. The van der Waals surface area contributed by atoms with E-state index in [1.54, 1.807) is 11.9 Å². The van der Waals surface area contributed by atoms with Crippen molar-refractivity contribution in [1.29, 1.82) is 0 Å². The van der Waals surface area contributed by atoms with Crippen LogP contribution in [0, 0.1) is 5.41 Å². The first-order valence-corrected chi connectivity index (χ1v) is 15.8. The lowest BCUT2D eigenvalue weighted by Crippen LogP contribution is -2.62. The molecule has 5 heteroatoms. The highest BCUT2D eigenvalue weighted by molar-refractivity contribution is 5.97. The van der Waals surface area contributed by atoms with Crippen LogP contribution in [0.4, 0.5) is 0 Å². The maximum absolute atomic E-state index is 13.5. The molecule has 3 heterocycles. The summed E-state index contributed by atoms with van der Waals surface area (Å²) in [6.07, 6.45) is 11.9. The van der Waals surface area contributed by atoms with Gasteiger partial charge in [0.1, 0.15) is 0 Å². The predicted octanol–water partition coefficient (Wildman–Crippen LogP) is 7.58. The van der Waals surface area contributed by atoms with E-state index in [0.29, 0.717) is 6.04 Å². The molecule has 1 atom stereocenters. The summed E-state index contributed by atoms with van der Waals surface area (Å²) in [6.45, 7) is 3.78. The van der Waals surface area contributed by atoms with E-state index in [2.05, 4.69) is 68.3 Å². The Morgan fingerprint density at radius 1 is 0.878 bits per heavy atom. The largest absolute Gasteiger partial charge is 0.345 e. The summed E-state index contributed by atoms with van der Waals surface area (Å²) in [6, 6.07) is 25.1. The molecular formula is C36H40N4O. The second-order valence-electron chi connectivity index (χ2n) is 13.2. The molecule has 5 nitrogen and oxygen atoms in total. The van der Waals surface area contributed by atoms with Crippen LogP contribution in [-0.2, 0) is 6.54 Å². The zero-order valence-electron chi connectivity index (χ0n) is 23.9. The molecule has 1 spiro atoms. The van der Waals surface area contributed by atoms with Gasteiger partial charge in [-0.2, -0.15) is 0 Å². The number of nitrogens with one attached hydrogen (secondary N) is 1. The first kappa shape index (κ1) is 25.3. The smallest absolute Gasteiger partial charge is 0.253 e. The summed E-state index contributed by atoms with van der Waals surface area (Å²) in [5.41, 5.74) is 8.89. The van der Waals surface area contributed by atoms with E-state index in [9.17, 15) is 4.79 Å². The number of aromatic nitrogens is 2. The summed E-state index contributed by atoms with van der Waals surface area (Å²) >= 11 is 0. The lowest BCUT2D eigenvalue weighted by Gasteiger charge is -2.61. The van der Waals surface area contributed by atoms with Gasteiger partial charge in [0.25, 0.3) is 5.91 Å². The topological polar surface area (TPSA) is 52.2 Å². The standard InChI is InChI=1S/C36H40N4O/c41-35(29-15-16-32-33(21-29)38-24-37-32)39-19-17-36(18-20-39)23-40(34(36)28-13-11-26(12-14-28)25-9-10-25)22-30-7-3-4-8-31(30)27-5-1-2-6-27/h3-4,7-8,11-16,21,24-25,27,34H,1-2,5-6,9-10,17-20,22-23H2,(H,37,38). The minimum atomic E-state index is 0.142. The number of carbonyl (C=O) groups is 1. The monoisotopic (exact) mass is 544 g/mol. The fourth-order valence-electron chi connectivity index (χ4n) is 8.31. The number of likely N-dealkylation sites (tertiary alicyclic amines) is 2. The van der Waals surface area contributed by atoms with E-state index < -0.39 is 0 Å². The van der Waals surface area contributed by atoms with Crippen LogP contribution < -0.4 is 0 Å². The third kappa shape index (κ3) is 4.59. The molecule has 1 aromatic heterocycles. The van der Waals surface area contributed by atoms with Crippen LogP contribution in [0.1, 0.15) is 102 Å². The molecule has 1 N–H and O–H groups in total. The van der Waals surface area contributed by atoms with Gasteiger partial charge in [0, 0.05) is 43.2 Å². The summed E-state index contributed by atoms with van der Waals surface area (Å²) < 4.78 is 0. The Kier molecular flexibility index (Phi) is 6.25. The first-order valence-electron chi connectivity index (χ1n) is 15.8. The Morgan fingerprint density at radius 2 is 1.63 bits per heavy atom. The Bertz CT molecular complexity index is 1550. The molecule has 1 unspecified atom stereocenters. The molecule has 41 heavy (non-hydrogen) atoms. The van der Waals surface area contributed by atoms with Crippen molar-refractivity contribution >= 4 is 16.9 Å². The predicted molar refractivity (Wildman–Crippen MR) is 163 cm³/mol. The highest BCUT2D eigenvalue weighted by Crippen LogP contribution is 2.56.